The first kappa shape index (κ1) is 14.9. The Morgan fingerprint density at radius 1 is 1.04 bits per heavy atom. The standard InChI is InChI=1S/C18H13ClN2O3/c1-10-6-8-11(9-7-10)21-17(22)14-15(20-24-16(14)18(21)23)12-4-2-3-5-13(12)19/h2-9,14,16H,1H3/t14-,16-/m1/s1. The molecule has 2 heterocycles. The molecule has 120 valence electrons. The molecule has 0 aliphatic carbocycles. The number of fused-ring (bicyclic) bond motifs is 1. The summed E-state index contributed by atoms with van der Waals surface area (Å²) in [5.74, 6) is -1.51. The molecular formula is C18H13ClN2O3. The number of hydrogen-bond donors (Lipinski definition) is 0. The molecule has 0 radical (unpaired) electrons. The first-order valence-electron chi connectivity index (χ1n) is 7.51. The highest BCUT2D eigenvalue weighted by molar-refractivity contribution is 6.38. The van der Waals surface area contributed by atoms with Gasteiger partial charge in [-0.3, -0.25) is 9.59 Å². The second-order valence-electron chi connectivity index (χ2n) is 5.81. The molecule has 0 saturated carbocycles. The van der Waals surface area contributed by atoms with Crippen LogP contribution < -0.4 is 4.90 Å². The molecule has 4 rings (SSSR count). The summed E-state index contributed by atoms with van der Waals surface area (Å²) < 4.78 is 0. The maximum Gasteiger partial charge on any atom is 0.278 e. The Kier molecular flexibility index (Phi) is 3.39. The fourth-order valence-electron chi connectivity index (χ4n) is 3.02. The summed E-state index contributed by atoms with van der Waals surface area (Å²) in [7, 11) is 0. The van der Waals surface area contributed by atoms with E-state index < -0.39 is 17.9 Å². The first-order chi connectivity index (χ1) is 11.6. The monoisotopic (exact) mass is 340 g/mol. The van der Waals surface area contributed by atoms with Crippen molar-refractivity contribution >= 4 is 34.8 Å². The van der Waals surface area contributed by atoms with Crippen LogP contribution in [0, 0.1) is 12.8 Å². The van der Waals surface area contributed by atoms with Crippen LogP contribution in [0.2, 0.25) is 5.02 Å². The smallest absolute Gasteiger partial charge is 0.278 e. The van der Waals surface area contributed by atoms with Crippen molar-refractivity contribution in [1.82, 2.24) is 0 Å². The second kappa shape index (κ2) is 5.46. The normalized spacial score (nSPS) is 22.4. The Hall–Kier alpha value is -2.66. The van der Waals surface area contributed by atoms with Crippen LogP contribution in [0.25, 0.3) is 0 Å². The number of aryl methyl sites for hydroxylation is 1. The zero-order chi connectivity index (χ0) is 16.8. The molecule has 0 spiro atoms. The average Bonchev–Trinajstić information content (AvgIpc) is 3.10. The van der Waals surface area contributed by atoms with Crippen LogP contribution in [0.3, 0.4) is 0 Å². The molecule has 2 aromatic rings. The molecule has 2 aromatic carbocycles. The quantitative estimate of drug-likeness (QED) is 0.790. The molecule has 1 fully saturated rings. The van der Waals surface area contributed by atoms with Crippen molar-refractivity contribution in [2.45, 2.75) is 13.0 Å². The molecule has 2 amide bonds. The molecule has 0 aromatic heterocycles. The topological polar surface area (TPSA) is 59.0 Å². The van der Waals surface area contributed by atoms with Gasteiger partial charge in [0.15, 0.2) is 0 Å². The number of imide groups is 1. The lowest BCUT2D eigenvalue weighted by Crippen LogP contribution is -2.33. The number of carbonyl (C=O) groups excluding carboxylic acids is 2. The van der Waals surface area contributed by atoms with Crippen molar-refractivity contribution < 1.29 is 14.4 Å². The predicted octanol–water partition coefficient (Wildman–Crippen LogP) is 2.94. The fourth-order valence-corrected chi connectivity index (χ4v) is 3.25. The van der Waals surface area contributed by atoms with Gasteiger partial charge in [-0.05, 0) is 25.1 Å². The summed E-state index contributed by atoms with van der Waals surface area (Å²) >= 11 is 6.20. The van der Waals surface area contributed by atoms with Gasteiger partial charge in [0.05, 0.1) is 5.69 Å². The summed E-state index contributed by atoms with van der Waals surface area (Å²) in [4.78, 5) is 31.9. The minimum absolute atomic E-state index is 0.343. The van der Waals surface area contributed by atoms with Crippen molar-refractivity contribution in [3.8, 4) is 0 Å². The maximum atomic E-state index is 12.9. The number of halogens is 1. The van der Waals surface area contributed by atoms with Crippen molar-refractivity contribution in [3.05, 3.63) is 64.7 Å². The Morgan fingerprint density at radius 2 is 1.75 bits per heavy atom. The third-order valence-electron chi connectivity index (χ3n) is 4.25. The summed E-state index contributed by atoms with van der Waals surface area (Å²) in [5, 5.41) is 4.43. The van der Waals surface area contributed by atoms with Gasteiger partial charge in [-0.15, -0.1) is 0 Å². The molecule has 0 bridgehead atoms. The van der Waals surface area contributed by atoms with Gasteiger partial charge in [0.25, 0.3) is 5.91 Å². The third-order valence-corrected chi connectivity index (χ3v) is 4.58. The van der Waals surface area contributed by atoms with E-state index in [4.69, 9.17) is 16.4 Å². The first-order valence-corrected chi connectivity index (χ1v) is 7.89. The van der Waals surface area contributed by atoms with Crippen LogP contribution in [0.4, 0.5) is 5.69 Å². The molecule has 1 saturated heterocycles. The van der Waals surface area contributed by atoms with E-state index >= 15 is 0 Å². The Labute approximate surface area is 143 Å². The molecule has 24 heavy (non-hydrogen) atoms. The van der Waals surface area contributed by atoms with Gasteiger partial charge in [-0.25, -0.2) is 4.90 Å². The molecule has 2 aliphatic heterocycles. The lowest BCUT2D eigenvalue weighted by Gasteiger charge is -2.15. The zero-order valence-electron chi connectivity index (χ0n) is 12.8. The molecule has 2 aliphatic rings. The highest BCUT2D eigenvalue weighted by Crippen LogP contribution is 2.36. The maximum absolute atomic E-state index is 12.9. The molecule has 0 N–H and O–H groups in total. The number of benzene rings is 2. The Balaban J connectivity index is 1.73. The van der Waals surface area contributed by atoms with Gasteiger partial charge in [0.1, 0.15) is 11.6 Å². The molecule has 5 nitrogen and oxygen atoms in total. The van der Waals surface area contributed by atoms with Crippen LogP contribution in [0.5, 0.6) is 0 Å². The van der Waals surface area contributed by atoms with Crippen molar-refractivity contribution in [2.75, 3.05) is 4.90 Å². The number of anilines is 1. The third kappa shape index (κ3) is 2.12. The van der Waals surface area contributed by atoms with E-state index in [1.54, 1.807) is 36.4 Å². The van der Waals surface area contributed by atoms with Crippen LogP contribution in [-0.2, 0) is 14.4 Å². The summed E-state index contributed by atoms with van der Waals surface area (Å²) in [6.45, 7) is 1.94. The van der Waals surface area contributed by atoms with Gasteiger partial charge >= 0.3 is 0 Å². The van der Waals surface area contributed by atoms with Gasteiger partial charge in [0.2, 0.25) is 12.0 Å². The van der Waals surface area contributed by atoms with Crippen LogP contribution in [0.1, 0.15) is 11.1 Å². The van der Waals surface area contributed by atoms with Crippen LogP contribution in [-0.4, -0.2) is 23.6 Å². The number of amides is 2. The van der Waals surface area contributed by atoms with Crippen molar-refractivity contribution in [2.24, 2.45) is 11.1 Å². The van der Waals surface area contributed by atoms with Crippen molar-refractivity contribution in [1.29, 1.82) is 0 Å². The van der Waals surface area contributed by atoms with Gasteiger partial charge in [0, 0.05) is 10.6 Å². The lowest BCUT2D eigenvalue weighted by molar-refractivity contribution is -0.126. The summed E-state index contributed by atoms with van der Waals surface area (Å²) in [6.07, 6.45) is -0.926. The SMILES string of the molecule is Cc1ccc(N2C(=O)[C@@H]3C(c4ccccc4Cl)=NO[C@H]3C2=O)cc1. The molecular weight excluding hydrogens is 328 g/mol. The lowest BCUT2D eigenvalue weighted by atomic mass is 9.94. The number of nitrogens with zero attached hydrogens (tertiary/aromatic N) is 2. The number of hydrogen-bond acceptors (Lipinski definition) is 4. The average molecular weight is 341 g/mol. The number of rotatable bonds is 2. The fraction of sp³-hybridized carbons (Fsp3) is 0.167. The predicted molar refractivity (Wildman–Crippen MR) is 90.0 cm³/mol. The summed E-state index contributed by atoms with van der Waals surface area (Å²) in [6, 6.07) is 14.3. The van der Waals surface area contributed by atoms with Crippen LogP contribution >= 0.6 is 11.6 Å². The molecule has 0 unspecified atom stereocenters. The van der Waals surface area contributed by atoms with E-state index in [0.717, 1.165) is 5.56 Å². The minimum Gasteiger partial charge on any atom is -0.381 e. The summed E-state index contributed by atoms with van der Waals surface area (Å²) in [5.41, 5.74) is 2.59. The second-order valence-corrected chi connectivity index (χ2v) is 6.21. The highest BCUT2D eigenvalue weighted by Gasteiger charge is 2.56. The largest absolute Gasteiger partial charge is 0.381 e. The van der Waals surface area contributed by atoms with Gasteiger partial charge in [-0.1, -0.05) is 52.7 Å². The number of carbonyl (C=O) groups is 2. The molecule has 2 atom stereocenters. The van der Waals surface area contributed by atoms with E-state index in [1.165, 1.54) is 4.90 Å². The Morgan fingerprint density at radius 3 is 2.46 bits per heavy atom. The minimum atomic E-state index is -0.926. The molecule has 6 heteroatoms. The van der Waals surface area contributed by atoms with Gasteiger partial charge in [-0.2, -0.15) is 0 Å². The van der Waals surface area contributed by atoms with E-state index in [9.17, 15) is 9.59 Å². The van der Waals surface area contributed by atoms with Crippen LogP contribution in [0.15, 0.2) is 53.7 Å². The van der Waals surface area contributed by atoms with E-state index in [1.807, 2.05) is 19.1 Å². The number of oxime groups is 1. The zero-order valence-corrected chi connectivity index (χ0v) is 13.5. The van der Waals surface area contributed by atoms with Gasteiger partial charge < -0.3 is 4.84 Å². The Bertz CT molecular complexity index is 876. The van der Waals surface area contributed by atoms with E-state index in [2.05, 4.69) is 5.16 Å². The van der Waals surface area contributed by atoms with Crippen molar-refractivity contribution in [3.63, 3.8) is 0 Å². The highest BCUT2D eigenvalue weighted by atomic mass is 35.5. The van der Waals surface area contributed by atoms with E-state index in [0.29, 0.717) is 22.0 Å². The van der Waals surface area contributed by atoms with E-state index in [-0.39, 0.29) is 5.91 Å².